The molecule has 0 aliphatic rings. The lowest BCUT2D eigenvalue weighted by Crippen LogP contribution is -1.77. The highest BCUT2D eigenvalue weighted by Crippen LogP contribution is 2.09. The van der Waals surface area contributed by atoms with Crippen LogP contribution in [0.25, 0.3) is 0 Å². The molecule has 0 aromatic carbocycles. The molecule has 0 saturated carbocycles. The third-order valence-electron chi connectivity index (χ3n) is 4.30. The summed E-state index contributed by atoms with van der Waals surface area (Å²) in [5.74, 6) is 0. The molecular weight excluding hydrogens is 324 g/mol. The Balaban J connectivity index is 3.61. The van der Waals surface area contributed by atoms with Crippen molar-refractivity contribution in [2.75, 3.05) is 0 Å². The van der Waals surface area contributed by atoms with Crippen LogP contribution in [0.1, 0.15) is 98.8 Å². The molecule has 0 heterocycles. The maximum absolute atomic E-state index is 2.41. The van der Waals surface area contributed by atoms with Gasteiger partial charge in [-0.1, -0.05) is 71.4 Å². The molecule has 0 rings (SSSR count). The van der Waals surface area contributed by atoms with Crippen LogP contribution in [0.15, 0.2) is 71.4 Å². The topological polar surface area (TPSA) is 0 Å². The number of unbranched alkanes of at least 4 members (excludes halogenated alkanes) is 4. The van der Waals surface area contributed by atoms with Gasteiger partial charge >= 0.3 is 0 Å². The maximum atomic E-state index is 2.41. The normalized spacial score (nSPS) is 12.4. The van der Waals surface area contributed by atoms with E-state index in [4.69, 9.17) is 0 Å². The first kappa shape index (κ1) is 25.4. The molecule has 0 aliphatic heterocycles. The van der Waals surface area contributed by atoms with Crippen LogP contribution in [0.2, 0.25) is 0 Å². The quantitative estimate of drug-likeness (QED) is 0.199. The van der Waals surface area contributed by atoms with E-state index in [9.17, 15) is 0 Å². The van der Waals surface area contributed by atoms with Crippen molar-refractivity contribution in [2.45, 2.75) is 98.8 Å². The van der Waals surface area contributed by atoms with Crippen LogP contribution >= 0.6 is 0 Å². The summed E-state index contributed by atoms with van der Waals surface area (Å²) in [7, 11) is 0. The number of allylic oxidation sites excluding steroid dienone is 12. The zero-order valence-corrected chi connectivity index (χ0v) is 18.8. The van der Waals surface area contributed by atoms with Crippen LogP contribution in [0, 0.1) is 0 Å². The summed E-state index contributed by atoms with van der Waals surface area (Å²) in [4.78, 5) is 0. The van der Waals surface area contributed by atoms with E-state index in [1.807, 2.05) is 0 Å². The Morgan fingerprint density at radius 1 is 0.407 bits per heavy atom. The van der Waals surface area contributed by atoms with E-state index in [0.717, 1.165) is 0 Å². The van der Waals surface area contributed by atoms with Gasteiger partial charge in [-0.15, -0.1) is 0 Å². The number of hydrogen-bond donors (Lipinski definition) is 0. The van der Waals surface area contributed by atoms with Crippen LogP contribution in [0.3, 0.4) is 0 Å². The van der Waals surface area contributed by atoms with Crippen LogP contribution in [-0.2, 0) is 0 Å². The minimum absolute atomic E-state index is 1.17. The third-order valence-corrected chi connectivity index (χ3v) is 4.30. The fourth-order valence-electron chi connectivity index (χ4n) is 2.68. The Kier molecular flexibility index (Phi) is 18.1. The summed E-state index contributed by atoms with van der Waals surface area (Å²) >= 11 is 0. The molecule has 0 heteroatoms. The molecule has 0 radical (unpaired) electrons. The average Bonchev–Trinajstić information content (AvgIpc) is 2.61. The van der Waals surface area contributed by atoms with Crippen molar-refractivity contribution in [2.24, 2.45) is 0 Å². The van der Waals surface area contributed by atoms with Gasteiger partial charge in [-0.3, -0.25) is 0 Å². The second-order valence-corrected chi connectivity index (χ2v) is 7.88. The van der Waals surface area contributed by atoms with Gasteiger partial charge in [0.2, 0.25) is 0 Å². The highest BCUT2D eigenvalue weighted by Gasteiger charge is 1.88. The molecule has 0 aromatic rings. The highest BCUT2D eigenvalue weighted by atomic mass is 13.9. The zero-order chi connectivity index (χ0) is 20.2. The Bertz CT molecular complexity index is 512. The molecule has 0 amide bonds. The summed E-state index contributed by atoms with van der Waals surface area (Å²) in [5, 5.41) is 0. The summed E-state index contributed by atoms with van der Waals surface area (Å²) < 4.78 is 0. The van der Waals surface area contributed by atoms with Crippen LogP contribution in [0.5, 0.6) is 0 Å². The zero-order valence-electron chi connectivity index (χ0n) is 18.8. The fourth-order valence-corrected chi connectivity index (χ4v) is 2.68. The molecular formula is C27H44. The van der Waals surface area contributed by atoms with Crippen molar-refractivity contribution in [3.8, 4) is 0 Å². The predicted octanol–water partition coefficient (Wildman–Crippen LogP) is 9.43. The Morgan fingerprint density at radius 2 is 0.741 bits per heavy atom. The first-order chi connectivity index (χ1) is 13.0. The molecule has 0 aromatic heterocycles. The SMILES string of the molecule is CC(C)=CCC/C=C\CC/C(C)=C\CC/C=C/CC/C=C/CCC=C(C)C. The molecule has 0 N–H and O–H groups in total. The maximum Gasteiger partial charge on any atom is -0.0288 e. The van der Waals surface area contributed by atoms with Crippen LogP contribution < -0.4 is 0 Å². The molecule has 0 atom stereocenters. The molecule has 0 spiro atoms. The number of rotatable bonds is 15. The molecule has 0 unspecified atom stereocenters. The average molecular weight is 369 g/mol. The van der Waals surface area contributed by atoms with Gasteiger partial charge in [0.05, 0.1) is 0 Å². The van der Waals surface area contributed by atoms with Crippen molar-refractivity contribution in [1.29, 1.82) is 0 Å². The van der Waals surface area contributed by atoms with E-state index in [2.05, 4.69) is 89.3 Å². The van der Waals surface area contributed by atoms with E-state index in [1.54, 1.807) is 0 Å². The standard InChI is InChI=1S/C27H44/c1-25(2)21-17-13-10-8-6-7-9-11-15-19-23-27(5)24-20-16-12-14-18-22-26(3)4/h8-12,16,21-23H,6-7,13-15,17-20,24H2,1-5H3/b10-8+,11-9+,16-12-,27-23-. The summed E-state index contributed by atoms with van der Waals surface area (Å²) in [5.41, 5.74) is 4.36. The smallest absolute Gasteiger partial charge is 0.0288 e. The lowest BCUT2D eigenvalue weighted by atomic mass is 10.1. The lowest BCUT2D eigenvalue weighted by Gasteiger charge is -1.98. The third kappa shape index (κ3) is 22.4. The molecule has 0 bridgehead atoms. The largest absolute Gasteiger partial charge is 0.0882 e. The molecule has 0 nitrogen and oxygen atoms in total. The summed E-state index contributed by atoms with van der Waals surface area (Å²) in [6.45, 7) is 10.9. The fraction of sp³-hybridized carbons (Fsp3) is 0.556. The first-order valence-corrected chi connectivity index (χ1v) is 10.9. The van der Waals surface area contributed by atoms with Gasteiger partial charge in [-0.05, 0) is 98.8 Å². The van der Waals surface area contributed by atoms with Gasteiger partial charge < -0.3 is 0 Å². The molecule has 152 valence electrons. The van der Waals surface area contributed by atoms with Gasteiger partial charge in [0.25, 0.3) is 0 Å². The van der Waals surface area contributed by atoms with Crippen LogP contribution in [-0.4, -0.2) is 0 Å². The molecule has 27 heavy (non-hydrogen) atoms. The number of hydrogen-bond acceptors (Lipinski definition) is 0. The molecule has 0 aliphatic carbocycles. The van der Waals surface area contributed by atoms with E-state index < -0.39 is 0 Å². The monoisotopic (exact) mass is 368 g/mol. The first-order valence-electron chi connectivity index (χ1n) is 10.9. The van der Waals surface area contributed by atoms with E-state index >= 15 is 0 Å². The summed E-state index contributed by atoms with van der Waals surface area (Å²) in [6, 6.07) is 0. The molecule has 0 fully saturated rings. The van der Waals surface area contributed by atoms with E-state index in [-0.39, 0.29) is 0 Å². The van der Waals surface area contributed by atoms with Gasteiger partial charge in [0, 0.05) is 0 Å². The Labute approximate surface area is 170 Å². The van der Waals surface area contributed by atoms with Gasteiger partial charge in [0.15, 0.2) is 0 Å². The van der Waals surface area contributed by atoms with Crippen molar-refractivity contribution in [3.63, 3.8) is 0 Å². The van der Waals surface area contributed by atoms with Crippen molar-refractivity contribution in [3.05, 3.63) is 71.4 Å². The van der Waals surface area contributed by atoms with Gasteiger partial charge in [0.1, 0.15) is 0 Å². The highest BCUT2D eigenvalue weighted by molar-refractivity contribution is 5.02. The van der Waals surface area contributed by atoms with Crippen molar-refractivity contribution >= 4 is 0 Å². The second kappa shape index (κ2) is 19.2. The van der Waals surface area contributed by atoms with Gasteiger partial charge in [-0.25, -0.2) is 0 Å². The van der Waals surface area contributed by atoms with E-state index in [1.165, 1.54) is 80.9 Å². The Hall–Kier alpha value is -1.56. The Morgan fingerprint density at radius 3 is 1.15 bits per heavy atom. The van der Waals surface area contributed by atoms with E-state index in [0.29, 0.717) is 0 Å². The summed E-state index contributed by atoms with van der Waals surface area (Å²) in [6.07, 6.45) is 32.7. The minimum atomic E-state index is 1.17. The van der Waals surface area contributed by atoms with Crippen molar-refractivity contribution in [1.82, 2.24) is 0 Å². The lowest BCUT2D eigenvalue weighted by molar-refractivity contribution is 0.929. The predicted molar refractivity (Wildman–Crippen MR) is 126 cm³/mol. The van der Waals surface area contributed by atoms with Gasteiger partial charge in [-0.2, -0.15) is 0 Å². The minimum Gasteiger partial charge on any atom is -0.0882 e. The van der Waals surface area contributed by atoms with Crippen LogP contribution in [0.4, 0.5) is 0 Å². The van der Waals surface area contributed by atoms with Crippen molar-refractivity contribution < 1.29 is 0 Å². The molecule has 0 saturated heterocycles. The second-order valence-electron chi connectivity index (χ2n) is 7.88.